The molecule has 1 aromatic carbocycles. The Balaban J connectivity index is 2.09. The lowest BCUT2D eigenvalue weighted by Gasteiger charge is -2.30. The van der Waals surface area contributed by atoms with Crippen LogP contribution in [0.4, 0.5) is 4.79 Å². The van der Waals surface area contributed by atoms with Crippen LogP contribution in [0.15, 0.2) is 30.3 Å². The first-order valence-electron chi connectivity index (χ1n) is 13.1. The van der Waals surface area contributed by atoms with Gasteiger partial charge < -0.3 is 30.5 Å². The number of hydrogen-bond acceptors (Lipinski definition) is 6. The van der Waals surface area contributed by atoms with Crippen LogP contribution in [0.25, 0.3) is 0 Å². The molecule has 0 aliphatic carbocycles. The van der Waals surface area contributed by atoms with Crippen LogP contribution < -0.4 is 16.0 Å². The van der Waals surface area contributed by atoms with Crippen LogP contribution in [-0.2, 0) is 25.5 Å². The first-order chi connectivity index (χ1) is 17.7. The summed E-state index contributed by atoms with van der Waals surface area (Å²) in [7, 11) is 3.88. The van der Waals surface area contributed by atoms with E-state index in [4.69, 9.17) is 4.74 Å². The standard InChI is InChI=1S/C27H43N5O5/c1-20(2)19-23(30-27(36)32-15-17-37-18-16-32)25(34)29-22(12-11-21-9-6-5-7-10-21)24(33)26(35)28-13-8-14-31(3)4/h5-7,9-10,20,22-23H,8,11-19H2,1-4H3,(H,28,35)(H,29,34)(H,30,36)/t22?,23-/m0/s1. The summed E-state index contributed by atoms with van der Waals surface area (Å²) >= 11 is 0. The van der Waals surface area contributed by atoms with Crippen molar-refractivity contribution in [2.45, 2.75) is 51.6 Å². The van der Waals surface area contributed by atoms with Gasteiger partial charge in [-0.2, -0.15) is 0 Å². The molecule has 1 aromatic rings. The Morgan fingerprint density at radius 3 is 2.30 bits per heavy atom. The molecule has 2 atom stereocenters. The molecule has 1 aliphatic heterocycles. The molecule has 0 radical (unpaired) electrons. The molecule has 0 bridgehead atoms. The molecule has 0 aromatic heterocycles. The van der Waals surface area contributed by atoms with Crippen molar-refractivity contribution in [3.63, 3.8) is 0 Å². The largest absolute Gasteiger partial charge is 0.378 e. The lowest BCUT2D eigenvalue weighted by atomic mass is 9.99. The fourth-order valence-electron chi connectivity index (χ4n) is 4.05. The Kier molecular flexibility index (Phi) is 13.1. The van der Waals surface area contributed by atoms with Crippen LogP contribution in [0.3, 0.4) is 0 Å². The summed E-state index contributed by atoms with van der Waals surface area (Å²) in [5, 5.41) is 8.27. The van der Waals surface area contributed by atoms with Gasteiger partial charge in [0.05, 0.1) is 19.3 Å². The van der Waals surface area contributed by atoms with Gasteiger partial charge in [0, 0.05) is 19.6 Å². The van der Waals surface area contributed by atoms with Crippen molar-refractivity contribution in [3.8, 4) is 0 Å². The first kappa shape index (κ1) is 30.2. The van der Waals surface area contributed by atoms with Gasteiger partial charge in [-0.3, -0.25) is 14.4 Å². The second kappa shape index (κ2) is 16.0. The predicted octanol–water partition coefficient (Wildman–Crippen LogP) is 1.20. The first-order valence-corrected chi connectivity index (χ1v) is 13.1. The summed E-state index contributed by atoms with van der Waals surface area (Å²) in [6, 6.07) is 7.42. The molecule has 206 valence electrons. The summed E-state index contributed by atoms with van der Waals surface area (Å²) in [5.74, 6) is -1.74. The van der Waals surface area contributed by atoms with Crippen molar-refractivity contribution in [2.24, 2.45) is 5.92 Å². The molecule has 4 amide bonds. The van der Waals surface area contributed by atoms with Crippen LogP contribution in [0.2, 0.25) is 0 Å². The highest BCUT2D eigenvalue weighted by Gasteiger charge is 2.31. The van der Waals surface area contributed by atoms with Crippen molar-refractivity contribution in [3.05, 3.63) is 35.9 Å². The molecular weight excluding hydrogens is 474 g/mol. The van der Waals surface area contributed by atoms with E-state index in [-0.39, 0.29) is 18.4 Å². The Morgan fingerprint density at radius 1 is 1.00 bits per heavy atom. The lowest BCUT2D eigenvalue weighted by molar-refractivity contribution is -0.140. The fraction of sp³-hybridized carbons (Fsp3) is 0.630. The van der Waals surface area contributed by atoms with E-state index in [2.05, 4.69) is 16.0 Å². The highest BCUT2D eigenvalue weighted by molar-refractivity contribution is 6.38. The van der Waals surface area contributed by atoms with E-state index >= 15 is 0 Å². The molecule has 10 nitrogen and oxygen atoms in total. The molecule has 3 N–H and O–H groups in total. The minimum Gasteiger partial charge on any atom is -0.378 e. The van der Waals surface area contributed by atoms with Crippen molar-refractivity contribution in [1.29, 1.82) is 0 Å². The number of carbonyl (C=O) groups excluding carboxylic acids is 4. The summed E-state index contributed by atoms with van der Waals surface area (Å²) < 4.78 is 5.30. The molecule has 2 rings (SSSR count). The number of aryl methyl sites for hydroxylation is 1. The fourth-order valence-corrected chi connectivity index (χ4v) is 4.05. The number of ketones is 1. The number of ether oxygens (including phenoxy) is 1. The number of benzene rings is 1. The molecule has 0 spiro atoms. The maximum atomic E-state index is 13.3. The van der Waals surface area contributed by atoms with Gasteiger partial charge in [-0.15, -0.1) is 0 Å². The van der Waals surface area contributed by atoms with Crippen LogP contribution in [0, 0.1) is 5.92 Å². The molecule has 1 aliphatic rings. The van der Waals surface area contributed by atoms with Crippen molar-refractivity contribution in [2.75, 3.05) is 53.5 Å². The van der Waals surface area contributed by atoms with Crippen molar-refractivity contribution < 1.29 is 23.9 Å². The summed E-state index contributed by atoms with van der Waals surface area (Å²) in [6.45, 7) is 6.88. The summed E-state index contributed by atoms with van der Waals surface area (Å²) in [5.41, 5.74) is 1.00. The molecule has 0 saturated carbocycles. The van der Waals surface area contributed by atoms with E-state index in [1.165, 1.54) is 0 Å². The zero-order chi connectivity index (χ0) is 27.2. The Hall–Kier alpha value is -2.98. The number of nitrogens with zero attached hydrogens (tertiary/aromatic N) is 2. The third kappa shape index (κ3) is 11.3. The number of nitrogens with one attached hydrogen (secondary N) is 3. The van der Waals surface area contributed by atoms with E-state index in [1.54, 1.807) is 4.90 Å². The second-order valence-corrected chi connectivity index (χ2v) is 10.1. The van der Waals surface area contributed by atoms with Gasteiger partial charge in [0.25, 0.3) is 5.91 Å². The lowest BCUT2D eigenvalue weighted by Crippen LogP contribution is -2.57. The molecule has 1 saturated heterocycles. The monoisotopic (exact) mass is 517 g/mol. The highest BCUT2D eigenvalue weighted by atomic mass is 16.5. The average molecular weight is 518 g/mol. The van der Waals surface area contributed by atoms with Gasteiger partial charge in [-0.05, 0) is 57.8 Å². The minimum absolute atomic E-state index is 0.124. The van der Waals surface area contributed by atoms with E-state index in [0.717, 1.165) is 12.1 Å². The van der Waals surface area contributed by atoms with Gasteiger partial charge in [0.15, 0.2) is 0 Å². The van der Waals surface area contributed by atoms with Crippen molar-refractivity contribution in [1.82, 2.24) is 25.8 Å². The average Bonchev–Trinajstić information content (AvgIpc) is 2.88. The number of rotatable bonds is 14. The number of hydrogen-bond donors (Lipinski definition) is 3. The van der Waals surface area contributed by atoms with E-state index < -0.39 is 29.7 Å². The number of morpholine rings is 1. The van der Waals surface area contributed by atoms with Crippen LogP contribution in [0.1, 0.15) is 38.7 Å². The maximum Gasteiger partial charge on any atom is 0.318 e. The van der Waals surface area contributed by atoms with Crippen molar-refractivity contribution >= 4 is 23.6 Å². The van der Waals surface area contributed by atoms with Gasteiger partial charge in [0.2, 0.25) is 11.7 Å². The SMILES string of the molecule is CC(C)C[C@H](NC(=O)N1CCOCC1)C(=O)NC(CCc1ccccc1)C(=O)C(=O)NCCCN(C)C. The number of Topliss-reactive ketones (excluding diaryl/α,β-unsaturated/α-hetero) is 1. The molecular formula is C27H43N5O5. The van der Waals surface area contributed by atoms with Gasteiger partial charge in [-0.25, -0.2) is 4.79 Å². The smallest absolute Gasteiger partial charge is 0.318 e. The zero-order valence-corrected chi connectivity index (χ0v) is 22.6. The minimum atomic E-state index is -1.00. The highest BCUT2D eigenvalue weighted by Crippen LogP contribution is 2.10. The quantitative estimate of drug-likeness (QED) is 0.252. The van der Waals surface area contributed by atoms with E-state index in [9.17, 15) is 19.2 Å². The normalized spacial score (nSPS) is 15.2. The zero-order valence-electron chi connectivity index (χ0n) is 22.6. The summed E-state index contributed by atoms with van der Waals surface area (Å²) in [6.07, 6.45) is 1.89. The van der Waals surface area contributed by atoms with Crippen LogP contribution >= 0.6 is 0 Å². The predicted molar refractivity (Wildman–Crippen MR) is 142 cm³/mol. The molecule has 1 unspecified atom stereocenters. The Morgan fingerprint density at radius 2 is 1.68 bits per heavy atom. The van der Waals surface area contributed by atoms with Crippen LogP contribution in [0.5, 0.6) is 0 Å². The van der Waals surface area contributed by atoms with Gasteiger partial charge in [0.1, 0.15) is 6.04 Å². The number of carbonyl (C=O) groups is 4. The molecule has 1 heterocycles. The number of amides is 4. The van der Waals surface area contributed by atoms with E-state index in [0.29, 0.717) is 52.1 Å². The summed E-state index contributed by atoms with van der Waals surface area (Å²) in [4.78, 5) is 55.4. The van der Waals surface area contributed by atoms with Gasteiger partial charge >= 0.3 is 6.03 Å². The Labute approximate surface area is 220 Å². The number of urea groups is 1. The Bertz CT molecular complexity index is 871. The molecule has 1 fully saturated rings. The third-order valence-corrected chi connectivity index (χ3v) is 6.11. The van der Waals surface area contributed by atoms with Gasteiger partial charge in [-0.1, -0.05) is 44.2 Å². The topological polar surface area (TPSA) is 120 Å². The maximum absolute atomic E-state index is 13.3. The van der Waals surface area contributed by atoms with E-state index in [1.807, 2.05) is 63.2 Å². The van der Waals surface area contributed by atoms with Crippen LogP contribution in [-0.4, -0.2) is 99.0 Å². The molecule has 10 heteroatoms. The molecule has 37 heavy (non-hydrogen) atoms. The third-order valence-electron chi connectivity index (χ3n) is 6.11. The second-order valence-electron chi connectivity index (χ2n) is 10.1.